The molecule has 0 aliphatic heterocycles. The zero-order chi connectivity index (χ0) is 15.6. The van der Waals surface area contributed by atoms with Gasteiger partial charge in [-0.15, -0.1) is 0 Å². The Balaban J connectivity index is 2.38. The van der Waals surface area contributed by atoms with Crippen molar-refractivity contribution in [1.29, 1.82) is 0 Å². The molecule has 0 bridgehead atoms. The smallest absolute Gasteiger partial charge is 0.246 e. The third-order valence-electron chi connectivity index (χ3n) is 2.97. The topological polar surface area (TPSA) is 63.4 Å². The van der Waals surface area contributed by atoms with Crippen molar-refractivity contribution >= 4 is 27.3 Å². The van der Waals surface area contributed by atoms with Crippen molar-refractivity contribution < 1.29 is 12.8 Å². The number of nitrogens with zero attached hydrogens (tertiary/aromatic N) is 1. The van der Waals surface area contributed by atoms with Crippen molar-refractivity contribution in [3.8, 4) is 0 Å². The lowest BCUT2D eigenvalue weighted by Gasteiger charge is -2.18. The summed E-state index contributed by atoms with van der Waals surface area (Å²) in [5, 5.41) is 0.0700. The molecule has 2 N–H and O–H groups in total. The summed E-state index contributed by atoms with van der Waals surface area (Å²) in [6.07, 6.45) is 0. The number of benzene rings is 2. The Morgan fingerprint density at radius 2 is 1.86 bits per heavy atom. The van der Waals surface area contributed by atoms with E-state index in [0.717, 1.165) is 15.9 Å². The average Bonchev–Trinajstić information content (AvgIpc) is 2.43. The van der Waals surface area contributed by atoms with Crippen LogP contribution in [0.4, 0.5) is 10.1 Å². The van der Waals surface area contributed by atoms with E-state index >= 15 is 0 Å². The van der Waals surface area contributed by atoms with Crippen molar-refractivity contribution in [2.75, 3.05) is 12.8 Å². The molecular formula is C14H14ClFN2O2S. The number of hydrogen-bond donors (Lipinski definition) is 1. The average molecular weight is 329 g/mol. The predicted octanol–water partition coefficient (Wildman–Crippen LogP) is 2.88. The summed E-state index contributed by atoms with van der Waals surface area (Å²) < 4.78 is 39.9. The molecule has 0 atom stereocenters. The lowest BCUT2D eigenvalue weighted by Crippen LogP contribution is -2.27. The van der Waals surface area contributed by atoms with Gasteiger partial charge in [0, 0.05) is 18.6 Å². The molecule has 0 saturated carbocycles. The summed E-state index contributed by atoms with van der Waals surface area (Å²) >= 11 is 5.76. The van der Waals surface area contributed by atoms with Gasteiger partial charge in [0.15, 0.2) is 5.82 Å². The Kier molecular flexibility index (Phi) is 4.51. The lowest BCUT2D eigenvalue weighted by atomic mass is 10.2. The van der Waals surface area contributed by atoms with Crippen LogP contribution in [-0.4, -0.2) is 19.8 Å². The first-order valence-electron chi connectivity index (χ1n) is 6.07. The van der Waals surface area contributed by atoms with Gasteiger partial charge in [0.2, 0.25) is 10.0 Å². The molecule has 0 radical (unpaired) electrons. The van der Waals surface area contributed by atoms with Crippen LogP contribution < -0.4 is 5.73 Å². The third kappa shape index (κ3) is 3.34. The molecular weight excluding hydrogens is 315 g/mol. The summed E-state index contributed by atoms with van der Waals surface area (Å²) in [6, 6.07) is 11.2. The molecule has 4 nitrogen and oxygen atoms in total. The van der Waals surface area contributed by atoms with E-state index in [9.17, 15) is 12.8 Å². The third-order valence-corrected chi connectivity index (χ3v) is 4.99. The molecule has 0 saturated heterocycles. The molecule has 112 valence electrons. The van der Waals surface area contributed by atoms with Gasteiger partial charge in [0.05, 0.1) is 5.69 Å². The molecule has 2 aromatic rings. The maximum absolute atomic E-state index is 14.0. The SMILES string of the molecule is CN(Cc1ccccc1)S(=O)(=O)c1cc(Cl)cc(N)c1F. The molecule has 21 heavy (non-hydrogen) atoms. The molecule has 0 fully saturated rings. The Bertz CT molecular complexity index is 751. The zero-order valence-corrected chi connectivity index (χ0v) is 12.8. The Morgan fingerprint density at radius 3 is 2.48 bits per heavy atom. The van der Waals surface area contributed by atoms with Gasteiger partial charge < -0.3 is 5.73 Å². The Morgan fingerprint density at radius 1 is 1.24 bits per heavy atom. The molecule has 0 aliphatic rings. The largest absolute Gasteiger partial charge is 0.396 e. The van der Waals surface area contributed by atoms with Gasteiger partial charge in [0.1, 0.15) is 4.90 Å². The summed E-state index contributed by atoms with van der Waals surface area (Å²) in [5.74, 6) is -0.987. The van der Waals surface area contributed by atoms with Crippen LogP contribution in [-0.2, 0) is 16.6 Å². The monoisotopic (exact) mass is 328 g/mol. The normalized spacial score (nSPS) is 11.8. The lowest BCUT2D eigenvalue weighted by molar-refractivity contribution is 0.460. The van der Waals surface area contributed by atoms with Gasteiger partial charge in [-0.1, -0.05) is 41.9 Å². The van der Waals surface area contributed by atoms with Crippen molar-refractivity contribution in [2.45, 2.75) is 11.4 Å². The van der Waals surface area contributed by atoms with Crippen molar-refractivity contribution in [3.05, 3.63) is 58.9 Å². The van der Waals surface area contributed by atoms with Gasteiger partial charge in [-0.05, 0) is 17.7 Å². The molecule has 0 spiro atoms. The maximum Gasteiger partial charge on any atom is 0.246 e. The van der Waals surface area contributed by atoms with E-state index in [-0.39, 0.29) is 17.3 Å². The fourth-order valence-electron chi connectivity index (χ4n) is 1.87. The summed E-state index contributed by atoms with van der Waals surface area (Å²) in [7, 11) is -2.65. The van der Waals surface area contributed by atoms with Crippen LogP contribution in [0, 0.1) is 5.82 Å². The van der Waals surface area contributed by atoms with Crippen molar-refractivity contribution in [1.82, 2.24) is 4.31 Å². The predicted molar refractivity (Wildman–Crippen MR) is 80.9 cm³/mol. The van der Waals surface area contributed by atoms with E-state index in [0.29, 0.717) is 0 Å². The second-order valence-electron chi connectivity index (χ2n) is 4.55. The van der Waals surface area contributed by atoms with Crippen LogP contribution in [0.3, 0.4) is 0 Å². The fraction of sp³-hybridized carbons (Fsp3) is 0.143. The number of nitrogens with two attached hydrogens (primary N) is 1. The number of halogens is 2. The van der Waals surface area contributed by atoms with E-state index in [1.54, 1.807) is 24.3 Å². The number of anilines is 1. The molecule has 0 aromatic heterocycles. The minimum atomic E-state index is -4.02. The molecule has 2 rings (SSSR count). The van der Waals surface area contributed by atoms with Crippen molar-refractivity contribution in [3.63, 3.8) is 0 Å². The van der Waals surface area contributed by atoms with Crippen LogP contribution in [0.15, 0.2) is 47.4 Å². The maximum atomic E-state index is 14.0. The first-order chi connectivity index (χ1) is 9.82. The summed E-state index contributed by atoms with van der Waals surface area (Å²) in [5.41, 5.74) is 5.92. The first-order valence-corrected chi connectivity index (χ1v) is 7.89. The molecule has 2 aromatic carbocycles. The molecule has 0 amide bonds. The molecule has 0 aliphatic carbocycles. The fourth-order valence-corrected chi connectivity index (χ4v) is 3.43. The summed E-state index contributed by atoms with van der Waals surface area (Å²) in [4.78, 5) is -0.522. The number of rotatable bonds is 4. The van der Waals surface area contributed by atoms with E-state index in [1.807, 2.05) is 6.07 Å². The van der Waals surface area contributed by atoms with E-state index in [4.69, 9.17) is 17.3 Å². The van der Waals surface area contributed by atoms with Crippen LogP contribution >= 0.6 is 11.6 Å². The van der Waals surface area contributed by atoms with E-state index < -0.39 is 20.7 Å². The van der Waals surface area contributed by atoms with Gasteiger partial charge in [-0.2, -0.15) is 4.31 Å². The van der Waals surface area contributed by atoms with Crippen LogP contribution in [0.25, 0.3) is 0 Å². The van der Waals surface area contributed by atoms with Gasteiger partial charge >= 0.3 is 0 Å². The molecule has 0 unspecified atom stereocenters. The van der Waals surface area contributed by atoms with Crippen LogP contribution in [0.2, 0.25) is 5.02 Å². The minimum Gasteiger partial charge on any atom is -0.396 e. The van der Waals surface area contributed by atoms with Gasteiger partial charge in [0.25, 0.3) is 0 Å². The standard InChI is InChI=1S/C14H14ClFN2O2S/c1-18(9-10-5-3-2-4-6-10)21(19,20)13-8-11(15)7-12(17)14(13)16/h2-8H,9,17H2,1H3. The Hall–Kier alpha value is -1.63. The van der Waals surface area contributed by atoms with Gasteiger partial charge in [-0.3, -0.25) is 0 Å². The molecule has 0 heterocycles. The highest BCUT2D eigenvalue weighted by Crippen LogP contribution is 2.27. The highest BCUT2D eigenvalue weighted by Gasteiger charge is 2.26. The van der Waals surface area contributed by atoms with Gasteiger partial charge in [-0.25, -0.2) is 12.8 Å². The van der Waals surface area contributed by atoms with E-state index in [1.165, 1.54) is 13.1 Å². The quantitative estimate of drug-likeness (QED) is 0.878. The van der Waals surface area contributed by atoms with Crippen molar-refractivity contribution in [2.24, 2.45) is 0 Å². The van der Waals surface area contributed by atoms with E-state index in [2.05, 4.69) is 0 Å². The summed E-state index contributed by atoms with van der Waals surface area (Å²) in [6.45, 7) is 0.120. The number of hydrogen-bond acceptors (Lipinski definition) is 3. The second-order valence-corrected chi connectivity index (χ2v) is 7.00. The zero-order valence-electron chi connectivity index (χ0n) is 11.3. The second kappa shape index (κ2) is 6.01. The van der Waals surface area contributed by atoms with Crippen LogP contribution in [0.1, 0.15) is 5.56 Å². The first kappa shape index (κ1) is 15.8. The molecule has 7 heteroatoms. The highest BCUT2D eigenvalue weighted by atomic mass is 35.5. The Labute approximate surface area is 128 Å². The van der Waals surface area contributed by atoms with Crippen LogP contribution in [0.5, 0.6) is 0 Å². The number of sulfonamides is 1. The number of nitrogen functional groups attached to an aromatic ring is 1. The highest BCUT2D eigenvalue weighted by molar-refractivity contribution is 7.89. The minimum absolute atomic E-state index is 0.0700.